The predicted octanol–water partition coefficient (Wildman–Crippen LogP) is 3.19. The van der Waals surface area contributed by atoms with Crippen LogP contribution in [-0.2, 0) is 28.6 Å². The van der Waals surface area contributed by atoms with E-state index in [1.165, 1.54) is 33.3 Å². The van der Waals surface area contributed by atoms with Crippen molar-refractivity contribution in [3.63, 3.8) is 0 Å². The molecule has 2 bridgehead atoms. The van der Waals surface area contributed by atoms with Crippen LogP contribution in [0, 0.1) is 11.8 Å². The monoisotopic (exact) mass is 649 g/mol. The molecule has 1 aliphatic carbocycles. The molecule has 1 aliphatic heterocycles. The van der Waals surface area contributed by atoms with Gasteiger partial charge >= 0.3 is 6.09 Å². The largest absolute Gasteiger partial charge is 0.439 e. The van der Waals surface area contributed by atoms with E-state index < -0.39 is 59.8 Å². The van der Waals surface area contributed by atoms with Crippen LogP contribution in [0.5, 0.6) is 0 Å². The standard InChI is InChI=1S/C35H43N3O9/c1-19-15-24-29(38-34(43)23-12-8-7-9-13-23)26(39)18-25(31(24)41)37-33(42)20(2)11-10-14-27(45-5)32(47-35(36)44)22(4)17-21(3)30(40)28(16-19)46-6/h7-14,17-19,21,27-28,30,32,40H,15-16H2,1-6H3,(H2,36,44)(H,37,42)(H,38,43)/b14-10-,20-11+,22-17+/t19-,21+,27+,28+,30-,32+/m1/s1. The highest BCUT2D eigenvalue weighted by Crippen LogP contribution is 2.29. The van der Waals surface area contributed by atoms with E-state index in [0.717, 1.165) is 6.08 Å². The van der Waals surface area contributed by atoms with Crippen LogP contribution in [-0.4, -0.2) is 73.2 Å². The molecule has 0 unspecified atom stereocenters. The van der Waals surface area contributed by atoms with Crippen LogP contribution in [0.4, 0.5) is 4.79 Å². The quantitative estimate of drug-likeness (QED) is 0.275. The van der Waals surface area contributed by atoms with Crippen molar-refractivity contribution in [2.75, 3.05) is 14.2 Å². The van der Waals surface area contributed by atoms with Gasteiger partial charge in [-0.15, -0.1) is 0 Å². The van der Waals surface area contributed by atoms with Gasteiger partial charge in [0, 0.05) is 42.9 Å². The molecule has 0 saturated heterocycles. The summed E-state index contributed by atoms with van der Waals surface area (Å²) in [6, 6.07) is 8.25. The van der Waals surface area contributed by atoms with Gasteiger partial charge in [-0.3, -0.25) is 19.2 Å². The lowest BCUT2D eigenvalue weighted by Gasteiger charge is -2.30. The fourth-order valence-electron chi connectivity index (χ4n) is 5.50. The number of Topliss-reactive ketones (excluding diaryl/α,β-unsaturated/α-hetero) is 1. The predicted molar refractivity (Wildman–Crippen MR) is 173 cm³/mol. The third-order valence-corrected chi connectivity index (χ3v) is 8.07. The van der Waals surface area contributed by atoms with E-state index in [2.05, 4.69) is 10.6 Å². The van der Waals surface area contributed by atoms with Gasteiger partial charge in [-0.05, 0) is 50.3 Å². The van der Waals surface area contributed by atoms with E-state index >= 15 is 0 Å². The highest BCUT2D eigenvalue weighted by Gasteiger charge is 2.34. The molecular weight excluding hydrogens is 606 g/mol. The number of nitrogens with one attached hydrogen (secondary N) is 2. The first-order valence-corrected chi connectivity index (χ1v) is 15.2. The van der Waals surface area contributed by atoms with Gasteiger partial charge in [0.1, 0.15) is 6.10 Å². The number of fused-ring (bicyclic) bond motifs is 2. The molecule has 2 aliphatic rings. The minimum atomic E-state index is -1.03. The van der Waals surface area contributed by atoms with Gasteiger partial charge in [0.25, 0.3) is 11.8 Å². The molecule has 0 spiro atoms. The van der Waals surface area contributed by atoms with Crippen molar-refractivity contribution >= 4 is 29.5 Å². The molecule has 5 N–H and O–H groups in total. The van der Waals surface area contributed by atoms with Gasteiger partial charge in [-0.2, -0.15) is 0 Å². The lowest BCUT2D eigenvalue weighted by atomic mass is 9.85. The van der Waals surface area contributed by atoms with E-state index in [-0.39, 0.29) is 41.3 Å². The molecular formula is C35H43N3O9. The first-order valence-electron chi connectivity index (χ1n) is 15.2. The summed E-state index contributed by atoms with van der Waals surface area (Å²) in [6.07, 6.45) is 3.05. The number of ketones is 2. The Morgan fingerprint density at radius 2 is 1.72 bits per heavy atom. The SMILES string of the molecule is CO[C@H]1/C=C\C=C(/C)C(=O)NC2=CC(=O)C(NC(=O)c3ccccc3)=C(C[C@@H](C)C[C@H](OC)[C@H](O)[C@@H](C)/C=C(\C)[C@@H]1OC(N)=O)C2=O. The number of benzene rings is 1. The van der Waals surface area contributed by atoms with Crippen LogP contribution in [0.15, 0.2) is 88.8 Å². The number of hydrogen-bond acceptors (Lipinski definition) is 9. The van der Waals surface area contributed by atoms with Crippen molar-refractivity contribution in [1.29, 1.82) is 0 Å². The average Bonchev–Trinajstić information content (AvgIpc) is 3.04. The van der Waals surface area contributed by atoms with Crippen molar-refractivity contribution in [3.8, 4) is 0 Å². The Hall–Kier alpha value is -4.65. The Bertz CT molecular complexity index is 1520. The first kappa shape index (κ1) is 36.8. The van der Waals surface area contributed by atoms with Gasteiger partial charge in [0.15, 0.2) is 6.10 Å². The van der Waals surface area contributed by atoms with Crippen molar-refractivity contribution in [2.45, 2.75) is 65.0 Å². The zero-order valence-corrected chi connectivity index (χ0v) is 27.4. The van der Waals surface area contributed by atoms with Crippen LogP contribution in [0.1, 0.15) is 50.9 Å². The summed E-state index contributed by atoms with van der Waals surface area (Å²) in [6.45, 7) is 6.83. The molecule has 1 aromatic carbocycles. The topological polar surface area (TPSA) is 183 Å². The molecule has 0 aromatic heterocycles. The van der Waals surface area contributed by atoms with E-state index in [0.29, 0.717) is 11.1 Å². The number of aliphatic hydroxyl groups is 1. The van der Waals surface area contributed by atoms with Gasteiger partial charge in [-0.25, -0.2) is 4.79 Å². The summed E-state index contributed by atoms with van der Waals surface area (Å²) in [4.78, 5) is 65.1. The number of rotatable bonds is 5. The summed E-state index contributed by atoms with van der Waals surface area (Å²) in [5.41, 5.74) is 5.99. The number of carbonyl (C=O) groups excluding carboxylic acids is 5. The molecule has 0 radical (unpaired) electrons. The minimum Gasteiger partial charge on any atom is -0.439 e. The molecule has 47 heavy (non-hydrogen) atoms. The molecule has 1 aromatic rings. The smallest absolute Gasteiger partial charge is 0.405 e. The highest BCUT2D eigenvalue weighted by atomic mass is 16.6. The molecule has 252 valence electrons. The van der Waals surface area contributed by atoms with Crippen LogP contribution in [0.2, 0.25) is 0 Å². The van der Waals surface area contributed by atoms with Crippen LogP contribution in [0.25, 0.3) is 0 Å². The maximum atomic E-state index is 13.8. The highest BCUT2D eigenvalue weighted by molar-refractivity contribution is 6.24. The van der Waals surface area contributed by atoms with Gasteiger partial charge in [0.2, 0.25) is 11.6 Å². The van der Waals surface area contributed by atoms with E-state index in [1.54, 1.807) is 56.3 Å². The Labute approximate surface area is 274 Å². The van der Waals surface area contributed by atoms with Crippen molar-refractivity contribution in [3.05, 3.63) is 94.4 Å². The Kier molecular flexibility index (Phi) is 13.1. The molecule has 12 nitrogen and oxygen atoms in total. The third-order valence-electron chi connectivity index (χ3n) is 8.07. The molecule has 12 heteroatoms. The van der Waals surface area contributed by atoms with Gasteiger partial charge < -0.3 is 35.7 Å². The van der Waals surface area contributed by atoms with E-state index in [1.807, 2.05) is 6.92 Å². The maximum Gasteiger partial charge on any atom is 0.405 e. The summed E-state index contributed by atoms with van der Waals surface area (Å²) < 4.78 is 16.6. The first-order chi connectivity index (χ1) is 22.3. The Morgan fingerprint density at radius 1 is 1.04 bits per heavy atom. The number of carbonyl (C=O) groups is 5. The van der Waals surface area contributed by atoms with Crippen LogP contribution < -0.4 is 16.4 Å². The zero-order valence-electron chi connectivity index (χ0n) is 27.4. The Balaban J connectivity index is 2.09. The summed E-state index contributed by atoms with van der Waals surface area (Å²) in [5.74, 6) is -3.32. The summed E-state index contributed by atoms with van der Waals surface area (Å²) >= 11 is 0. The number of methoxy groups -OCH3 is 2. The third kappa shape index (κ3) is 9.67. The van der Waals surface area contributed by atoms with Crippen LogP contribution in [0.3, 0.4) is 0 Å². The fraction of sp³-hybridized carbons (Fsp3) is 0.400. The van der Waals surface area contributed by atoms with Crippen molar-refractivity contribution in [1.82, 2.24) is 10.6 Å². The molecule has 0 saturated carbocycles. The number of hydrogen-bond donors (Lipinski definition) is 4. The normalized spacial score (nSPS) is 29.4. The van der Waals surface area contributed by atoms with Gasteiger partial charge in [-0.1, -0.05) is 56.4 Å². The number of amides is 3. The van der Waals surface area contributed by atoms with Gasteiger partial charge in [0.05, 0.1) is 23.6 Å². The maximum absolute atomic E-state index is 13.8. The summed E-state index contributed by atoms with van der Waals surface area (Å²) in [7, 11) is 2.87. The number of nitrogens with two attached hydrogens (primary N) is 1. The second kappa shape index (κ2) is 16.8. The molecule has 1 heterocycles. The lowest BCUT2D eigenvalue weighted by molar-refractivity contribution is -0.120. The average molecular weight is 650 g/mol. The molecule has 0 fully saturated rings. The Morgan fingerprint density at radius 3 is 2.34 bits per heavy atom. The second-order valence-corrected chi connectivity index (χ2v) is 11.8. The van der Waals surface area contributed by atoms with E-state index in [9.17, 15) is 29.1 Å². The minimum absolute atomic E-state index is 0.0199. The number of aliphatic hydroxyl groups excluding tert-OH is 1. The summed E-state index contributed by atoms with van der Waals surface area (Å²) in [5, 5.41) is 16.4. The number of allylic oxidation sites excluding steroid dienone is 4. The van der Waals surface area contributed by atoms with Crippen molar-refractivity contribution < 1.29 is 43.3 Å². The number of ether oxygens (including phenoxy) is 3. The second-order valence-electron chi connectivity index (χ2n) is 11.8. The lowest BCUT2D eigenvalue weighted by Crippen LogP contribution is -2.38. The molecule has 3 rings (SSSR count). The molecule has 6 atom stereocenters. The number of primary amides is 1. The van der Waals surface area contributed by atoms with E-state index in [4.69, 9.17) is 19.9 Å². The fourth-order valence-corrected chi connectivity index (χ4v) is 5.50. The van der Waals surface area contributed by atoms with Crippen molar-refractivity contribution in [2.24, 2.45) is 17.6 Å². The molecule has 3 amide bonds. The zero-order chi connectivity index (χ0) is 34.8. The van der Waals surface area contributed by atoms with Crippen LogP contribution >= 0.6 is 0 Å².